The number of hydrogen-bond acceptors (Lipinski definition) is 7. The lowest BCUT2D eigenvalue weighted by molar-refractivity contribution is 0.0963. The Labute approximate surface area is 230 Å². The predicted octanol–water partition coefficient (Wildman–Crippen LogP) is 5.02. The number of aliphatic imine (C=N–C) groups is 1. The summed E-state index contributed by atoms with van der Waals surface area (Å²) in [5.74, 6) is -0.163. The minimum absolute atomic E-state index is 0.163. The quantitative estimate of drug-likeness (QED) is 0.233. The van der Waals surface area contributed by atoms with Gasteiger partial charge in [0.2, 0.25) is 5.95 Å². The molecule has 0 bridgehead atoms. The van der Waals surface area contributed by atoms with Gasteiger partial charge in [0, 0.05) is 65.0 Å². The molecule has 10 heteroatoms. The molecule has 4 N–H and O–H groups in total. The van der Waals surface area contributed by atoms with E-state index in [1.54, 1.807) is 55.7 Å². The molecule has 0 radical (unpaired) electrons. The van der Waals surface area contributed by atoms with Gasteiger partial charge in [-0.25, -0.2) is 14.4 Å². The number of benzene rings is 3. The second-order valence-corrected chi connectivity index (χ2v) is 9.33. The summed E-state index contributed by atoms with van der Waals surface area (Å²) in [7, 11) is 3.45. The molecular formula is C29H27ClFN7O. The first-order valence-corrected chi connectivity index (χ1v) is 12.8. The number of carbonyl (C=O) groups excluding carboxylic acids is 1. The van der Waals surface area contributed by atoms with Gasteiger partial charge in [-0.05, 0) is 55.6 Å². The molecule has 5 rings (SSSR count). The molecular weight excluding hydrogens is 517 g/mol. The molecule has 39 heavy (non-hydrogen) atoms. The van der Waals surface area contributed by atoms with Gasteiger partial charge in [-0.15, -0.1) is 0 Å². The SMILES string of the molecule is CNCCNc1cccc(F)c1C1=NCc2cnc(Nc3ccc(C(=O)NC)cc3)nc2-c2ccc(Cl)cc21. The first-order valence-electron chi connectivity index (χ1n) is 12.5. The molecule has 0 atom stereocenters. The average molecular weight is 544 g/mol. The van der Waals surface area contributed by atoms with Crippen molar-refractivity contribution in [2.45, 2.75) is 6.54 Å². The third-order valence-corrected chi connectivity index (χ3v) is 6.57. The van der Waals surface area contributed by atoms with Crippen molar-refractivity contribution in [2.75, 3.05) is 37.8 Å². The number of carbonyl (C=O) groups is 1. The van der Waals surface area contributed by atoms with Crippen LogP contribution in [0.5, 0.6) is 0 Å². The van der Waals surface area contributed by atoms with Crippen LogP contribution < -0.4 is 21.3 Å². The highest BCUT2D eigenvalue weighted by atomic mass is 35.5. The maximum atomic E-state index is 15.4. The molecule has 3 aromatic carbocycles. The fraction of sp³-hybridized carbons (Fsp3) is 0.172. The Balaban J connectivity index is 1.54. The van der Waals surface area contributed by atoms with Gasteiger partial charge >= 0.3 is 0 Å². The molecule has 1 aliphatic rings. The van der Waals surface area contributed by atoms with Crippen molar-refractivity contribution in [3.05, 3.63) is 100.0 Å². The van der Waals surface area contributed by atoms with E-state index in [2.05, 4.69) is 26.3 Å². The molecule has 0 saturated carbocycles. The van der Waals surface area contributed by atoms with Gasteiger partial charge in [-0.3, -0.25) is 9.79 Å². The highest BCUT2D eigenvalue weighted by Gasteiger charge is 2.25. The molecule has 1 aromatic heterocycles. The molecule has 0 spiro atoms. The number of amides is 1. The second kappa shape index (κ2) is 11.6. The molecule has 198 valence electrons. The molecule has 0 fully saturated rings. The molecule has 0 saturated heterocycles. The van der Waals surface area contributed by atoms with Crippen molar-refractivity contribution in [2.24, 2.45) is 4.99 Å². The molecule has 4 aromatic rings. The van der Waals surface area contributed by atoms with Crippen LogP contribution in [0.2, 0.25) is 5.02 Å². The summed E-state index contributed by atoms with van der Waals surface area (Å²) in [4.78, 5) is 26.0. The highest BCUT2D eigenvalue weighted by molar-refractivity contribution is 6.32. The monoisotopic (exact) mass is 543 g/mol. The van der Waals surface area contributed by atoms with Gasteiger partial charge < -0.3 is 21.3 Å². The van der Waals surface area contributed by atoms with Crippen LogP contribution >= 0.6 is 11.6 Å². The van der Waals surface area contributed by atoms with Gasteiger partial charge in [0.15, 0.2) is 0 Å². The predicted molar refractivity (Wildman–Crippen MR) is 154 cm³/mol. The van der Waals surface area contributed by atoms with Crippen LogP contribution in [0.3, 0.4) is 0 Å². The molecule has 1 amide bonds. The van der Waals surface area contributed by atoms with E-state index in [0.29, 0.717) is 51.3 Å². The van der Waals surface area contributed by atoms with Crippen molar-refractivity contribution < 1.29 is 9.18 Å². The van der Waals surface area contributed by atoms with Crippen LogP contribution in [0.1, 0.15) is 27.0 Å². The van der Waals surface area contributed by atoms with E-state index >= 15 is 4.39 Å². The number of likely N-dealkylation sites (N-methyl/N-ethyl adjacent to an activating group) is 1. The topological polar surface area (TPSA) is 103 Å². The zero-order valence-corrected chi connectivity index (χ0v) is 22.2. The number of anilines is 3. The maximum Gasteiger partial charge on any atom is 0.251 e. The molecule has 1 aliphatic heterocycles. The highest BCUT2D eigenvalue weighted by Crippen LogP contribution is 2.35. The molecule has 0 aliphatic carbocycles. The van der Waals surface area contributed by atoms with Gasteiger partial charge in [-0.1, -0.05) is 23.7 Å². The fourth-order valence-electron chi connectivity index (χ4n) is 4.41. The minimum atomic E-state index is -0.381. The van der Waals surface area contributed by atoms with E-state index in [4.69, 9.17) is 21.6 Å². The number of rotatable bonds is 8. The number of aromatic nitrogens is 2. The van der Waals surface area contributed by atoms with E-state index in [-0.39, 0.29) is 18.3 Å². The number of nitrogens with zero attached hydrogens (tertiary/aromatic N) is 3. The third kappa shape index (κ3) is 5.59. The van der Waals surface area contributed by atoms with Crippen molar-refractivity contribution in [1.82, 2.24) is 20.6 Å². The molecule has 0 unspecified atom stereocenters. The zero-order valence-electron chi connectivity index (χ0n) is 21.5. The zero-order chi connectivity index (χ0) is 27.4. The Hall–Kier alpha value is -4.34. The van der Waals surface area contributed by atoms with Crippen LogP contribution in [0.4, 0.5) is 21.7 Å². The summed E-state index contributed by atoms with van der Waals surface area (Å²) in [6, 6.07) is 17.4. The second-order valence-electron chi connectivity index (χ2n) is 8.90. The van der Waals surface area contributed by atoms with Crippen LogP contribution in [0.25, 0.3) is 11.3 Å². The van der Waals surface area contributed by atoms with E-state index in [1.807, 2.05) is 19.2 Å². The van der Waals surface area contributed by atoms with Crippen molar-refractivity contribution >= 4 is 40.5 Å². The van der Waals surface area contributed by atoms with Crippen molar-refractivity contribution in [1.29, 1.82) is 0 Å². The lowest BCUT2D eigenvalue weighted by Crippen LogP contribution is -2.20. The Morgan fingerprint density at radius 3 is 2.62 bits per heavy atom. The average Bonchev–Trinajstić information content (AvgIpc) is 3.09. The number of fused-ring (bicyclic) bond motifs is 3. The Morgan fingerprint density at radius 1 is 1.03 bits per heavy atom. The Kier molecular flexibility index (Phi) is 7.81. The lowest BCUT2D eigenvalue weighted by atomic mass is 9.94. The summed E-state index contributed by atoms with van der Waals surface area (Å²) in [5.41, 5.74) is 5.74. The smallest absolute Gasteiger partial charge is 0.251 e. The summed E-state index contributed by atoms with van der Waals surface area (Å²) < 4.78 is 15.4. The van der Waals surface area contributed by atoms with E-state index in [1.165, 1.54) is 6.07 Å². The van der Waals surface area contributed by atoms with E-state index in [0.717, 1.165) is 23.4 Å². The van der Waals surface area contributed by atoms with Gasteiger partial charge in [0.05, 0.1) is 23.5 Å². The summed E-state index contributed by atoms with van der Waals surface area (Å²) in [6.07, 6.45) is 1.72. The lowest BCUT2D eigenvalue weighted by Gasteiger charge is -2.17. The minimum Gasteiger partial charge on any atom is -0.383 e. The van der Waals surface area contributed by atoms with Crippen LogP contribution in [0, 0.1) is 5.82 Å². The normalized spacial score (nSPS) is 12.1. The van der Waals surface area contributed by atoms with Gasteiger partial charge in [0.25, 0.3) is 5.91 Å². The van der Waals surface area contributed by atoms with E-state index < -0.39 is 0 Å². The van der Waals surface area contributed by atoms with Crippen molar-refractivity contribution in [3.8, 4) is 11.3 Å². The van der Waals surface area contributed by atoms with E-state index in [9.17, 15) is 4.79 Å². The Bertz CT molecular complexity index is 1560. The summed E-state index contributed by atoms with van der Waals surface area (Å²) >= 11 is 6.43. The molecule has 2 heterocycles. The molecule has 8 nitrogen and oxygen atoms in total. The van der Waals surface area contributed by atoms with Crippen LogP contribution in [0.15, 0.2) is 71.9 Å². The fourth-order valence-corrected chi connectivity index (χ4v) is 4.58. The number of nitrogens with one attached hydrogen (secondary N) is 4. The number of hydrogen-bond donors (Lipinski definition) is 4. The number of halogens is 2. The summed E-state index contributed by atoms with van der Waals surface area (Å²) in [5, 5.41) is 12.7. The standard InChI is InChI=1S/C29H27ClFN7O/c1-32-12-13-34-24-5-3-4-23(31)25(24)27-22-14-19(30)8-11-21(22)26-18(15-35-27)16-36-29(38-26)37-20-9-6-17(7-10-20)28(39)33-2/h3-11,14,16,32,34H,12-13,15H2,1-2H3,(H,33,39)(H,36,37,38). The van der Waals surface area contributed by atoms with Crippen molar-refractivity contribution in [3.63, 3.8) is 0 Å². The first-order chi connectivity index (χ1) is 19.0. The largest absolute Gasteiger partial charge is 0.383 e. The maximum absolute atomic E-state index is 15.4. The van der Waals surface area contributed by atoms with Gasteiger partial charge in [-0.2, -0.15) is 0 Å². The van der Waals surface area contributed by atoms with Gasteiger partial charge in [0.1, 0.15) is 5.82 Å². The first kappa shape index (κ1) is 26.3. The summed E-state index contributed by atoms with van der Waals surface area (Å²) in [6.45, 7) is 1.60. The van der Waals surface area contributed by atoms with Crippen LogP contribution in [-0.4, -0.2) is 48.8 Å². The Morgan fingerprint density at radius 2 is 1.85 bits per heavy atom. The van der Waals surface area contributed by atoms with Crippen LogP contribution in [-0.2, 0) is 6.54 Å². The third-order valence-electron chi connectivity index (χ3n) is 6.34.